The number of para-hydroxylation sites is 1. The van der Waals surface area contributed by atoms with Gasteiger partial charge in [0, 0.05) is 17.3 Å². The Morgan fingerprint density at radius 1 is 1.38 bits per heavy atom. The van der Waals surface area contributed by atoms with Gasteiger partial charge in [-0.3, -0.25) is 0 Å². The average molecular weight is 216 g/mol. The van der Waals surface area contributed by atoms with Gasteiger partial charge >= 0.3 is 0 Å². The van der Waals surface area contributed by atoms with E-state index in [1.54, 1.807) is 0 Å². The average Bonchev–Trinajstić information content (AvgIpc) is 2.72. The van der Waals surface area contributed by atoms with Gasteiger partial charge in [0.05, 0.1) is 5.69 Å². The molecule has 0 radical (unpaired) electrons. The van der Waals surface area contributed by atoms with E-state index in [-0.39, 0.29) is 0 Å². The van der Waals surface area contributed by atoms with Crippen molar-refractivity contribution in [2.45, 2.75) is 31.7 Å². The molecule has 1 aromatic heterocycles. The standard InChI is InChI=1S/C13H16N2O/c1-9-8-10(6-7-14-9)13-11-4-2-3-5-12(11)16-15-13/h2-5,9-10,14H,6-8H2,1H3/t9-,10+/m1/s1. The van der Waals surface area contributed by atoms with Crippen molar-refractivity contribution in [3.05, 3.63) is 30.0 Å². The first-order valence-corrected chi connectivity index (χ1v) is 5.92. The Morgan fingerprint density at radius 3 is 3.12 bits per heavy atom. The van der Waals surface area contributed by atoms with Crippen LogP contribution < -0.4 is 5.32 Å². The second kappa shape index (κ2) is 3.91. The van der Waals surface area contributed by atoms with Crippen LogP contribution in [0.1, 0.15) is 31.4 Å². The number of benzene rings is 1. The molecule has 1 aliphatic heterocycles. The fourth-order valence-electron chi connectivity index (χ4n) is 2.58. The van der Waals surface area contributed by atoms with Crippen LogP contribution in [0.2, 0.25) is 0 Å². The van der Waals surface area contributed by atoms with E-state index in [1.807, 2.05) is 18.2 Å². The second-order valence-electron chi connectivity index (χ2n) is 4.64. The molecule has 0 saturated carbocycles. The predicted octanol–water partition coefficient (Wildman–Crippen LogP) is 2.68. The van der Waals surface area contributed by atoms with Gasteiger partial charge in [-0.05, 0) is 38.4 Å². The van der Waals surface area contributed by atoms with Crippen LogP contribution in [-0.2, 0) is 0 Å². The topological polar surface area (TPSA) is 38.1 Å². The zero-order valence-electron chi connectivity index (χ0n) is 9.44. The highest BCUT2D eigenvalue weighted by Gasteiger charge is 2.24. The summed E-state index contributed by atoms with van der Waals surface area (Å²) >= 11 is 0. The number of nitrogens with zero attached hydrogens (tertiary/aromatic N) is 1. The summed E-state index contributed by atoms with van der Waals surface area (Å²) in [6.07, 6.45) is 2.30. The quantitative estimate of drug-likeness (QED) is 0.796. The van der Waals surface area contributed by atoms with Crippen LogP contribution in [0.4, 0.5) is 0 Å². The highest BCUT2D eigenvalue weighted by Crippen LogP contribution is 2.31. The van der Waals surface area contributed by atoms with E-state index in [0.717, 1.165) is 30.7 Å². The first-order chi connectivity index (χ1) is 7.84. The lowest BCUT2D eigenvalue weighted by atomic mass is 9.89. The van der Waals surface area contributed by atoms with Crippen LogP contribution in [0.15, 0.2) is 28.8 Å². The molecular formula is C13H16N2O. The van der Waals surface area contributed by atoms with Crippen LogP contribution in [0.3, 0.4) is 0 Å². The summed E-state index contributed by atoms with van der Waals surface area (Å²) in [7, 11) is 0. The van der Waals surface area contributed by atoms with E-state index >= 15 is 0 Å². The number of aromatic nitrogens is 1. The summed E-state index contributed by atoms with van der Waals surface area (Å²) < 4.78 is 5.37. The molecule has 0 aliphatic carbocycles. The monoisotopic (exact) mass is 216 g/mol. The number of fused-ring (bicyclic) bond motifs is 1. The molecule has 3 heteroatoms. The third-order valence-corrected chi connectivity index (χ3v) is 3.42. The zero-order chi connectivity index (χ0) is 11.0. The molecular weight excluding hydrogens is 200 g/mol. The molecule has 1 aromatic carbocycles. The summed E-state index contributed by atoms with van der Waals surface area (Å²) in [5.41, 5.74) is 2.05. The van der Waals surface area contributed by atoms with E-state index in [4.69, 9.17) is 4.52 Å². The van der Waals surface area contributed by atoms with Crippen molar-refractivity contribution in [2.24, 2.45) is 0 Å². The Kier molecular flexibility index (Phi) is 2.40. The van der Waals surface area contributed by atoms with E-state index in [9.17, 15) is 0 Å². The summed E-state index contributed by atoms with van der Waals surface area (Å²) in [4.78, 5) is 0. The number of hydrogen-bond acceptors (Lipinski definition) is 3. The van der Waals surface area contributed by atoms with Gasteiger partial charge in [0.15, 0.2) is 5.58 Å². The molecule has 1 fully saturated rings. The van der Waals surface area contributed by atoms with Crippen molar-refractivity contribution in [3.63, 3.8) is 0 Å². The molecule has 2 atom stereocenters. The molecule has 1 aliphatic rings. The fourth-order valence-corrected chi connectivity index (χ4v) is 2.58. The van der Waals surface area contributed by atoms with Gasteiger partial charge < -0.3 is 9.84 Å². The van der Waals surface area contributed by atoms with E-state index < -0.39 is 0 Å². The molecule has 3 nitrogen and oxygen atoms in total. The van der Waals surface area contributed by atoms with Gasteiger partial charge in [-0.25, -0.2) is 0 Å². The third kappa shape index (κ3) is 1.61. The van der Waals surface area contributed by atoms with E-state index in [0.29, 0.717) is 12.0 Å². The first kappa shape index (κ1) is 9.85. The van der Waals surface area contributed by atoms with Gasteiger partial charge in [0.1, 0.15) is 0 Å². The Labute approximate surface area is 94.8 Å². The lowest BCUT2D eigenvalue weighted by Crippen LogP contribution is -2.35. The summed E-state index contributed by atoms with van der Waals surface area (Å²) in [6, 6.07) is 8.70. The molecule has 16 heavy (non-hydrogen) atoms. The summed E-state index contributed by atoms with van der Waals surface area (Å²) in [5.74, 6) is 0.542. The maximum absolute atomic E-state index is 5.37. The first-order valence-electron chi connectivity index (χ1n) is 5.92. The van der Waals surface area contributed by atoms with Crippen molar-refractivity contribution < 1.29 is 4.52 Å². The minimum Gasteiger partial charge on any atom is -0.356 e. The largest absolute Gasteiger partial charge is 0.356 e. The molecule has 0 spiro atoms. The normalized spacial score (nSPS) is 26.1. The number of rotatable bonds is 1. The van der Waals surface area contributed by atoms with Crippen LogP contribution in [0.5, 0.6) is 0 Å². The van der Waals surface area contributed by atoms with Crippen LogP contribution >= 0.6 is 0 Å². The Morgan fingerprint density at radius 2 is 2.25 bits per heavy atom. The highest BCUT2D eigenvalue weighted by molar-refractivity contribution is 5.79. The molecule has 3 rings (SSSR count). The SMILES string of the molecule is C[C@@H]1C[C@@H](c2noc3ccccc23)CCN1. The lowest BCUT2D eigenvalue weighted by Gasteiger charge is -2.26. The van der Waals surface area contributed by atoms with Gasteiger partial charge in [-0.1, -0.05) is 17.3 Å². The molecule has 0 bridgehead atoms. The molecule has 0 unspecified atom stereocenters. The van der Waals surface area contributed by atoms with Gasteiger partial charge in [0.2, 0.25) is 0 Å². The Hall–Kier alpha value is -1.35. The van der Waals surface area contributed by atoms with Gasteiger partial charge in [-0.15, -0.1) is 0 Å². The fraction of sp³-hybridized carbons (Fsp3) is 0.462. The number of hydrogen-bond donors (Lipinski definition) is 1. The maximum atomic E-state index is 5.37. The summed E-state index contributed by atoms with van der Waals surface area (Å²) in [6.45, 7) is 3.31. The molecule has 1 N–H and O–H groups in total. The van der Waals surface area contributed by atoms with Crippen molar-refractivity contribution >= 4 is 11.0 Å². The summed E-state index contributed by atoms with van der Waals surface area (Å²) in [5, 5.41) is 8.90. The lowest BCUT2D eigenvalue weighted by molar-refractivity contribution is 0.359. The van der Waals surface area contributed by atoms with E-state index in [2.05, 4.69) is 23.5 Å². The van der Waals surface area contributed by atoms with Crippen LogP contribution in [-0.4, -0.2) is 17.7 Å². The molecule has 2 heterocycles. The second-order valence-corrected chi connectivity index (χ2v) is 4.64. The molecule has 2 aromatic rings. The molecule has 0 amide bonds. The van der Waals surface area contributed by atoms with E-state index in [1.165, 1.54) is 5.39 Å². The van der Waals surface area contributed by atoms with Crippen molar-refractivity contribution in [1.29, 1.82) is 0 Å². The minimum atomic E-state index is 0.542. The Bertz CT molecular complexity index is 491. The van der Waals surface area contributed by atoms with Crippen molar-refractivity contribution in [1.82, 2.24) is 10.5 Å². The zero-order valence-corrected chi connectivity index (χ0v) is 9.44. The van der Waals surface area contributed by atoms with Gasteiger partial charge in [0.25, 0.3) is 0 Å². The van der Waals surface area contributed by atoms with Gasteiger partial charge in [-0.2, -0.15) is 0 Å². The third-order valence-electron chi connectivity index (χ3n) is 3.42. The predicted molar refractivity (Wildman–Crippen MR) is 63.4 cm³/mol. The van der Waals surface area contributed by atoms with Crippen LogP contribution in [0.25, 0.3) is 11.0 Å². The van der Waals surface area contributed by atoms with Crippen molar-refractivity contribution in [2.75, 3.05) is 6.54 Å². The minimum absolute atomic E-state index is 0.542. The smallest absolute Gasteiger partial charge is 0.167 e. The Balaban J connectivity index is 1.99. The maximum Gasteiger partial charge on any atom is 0.167 e. The van der Waals surface area contributed by atoms with Crippen molar-refractivity contribution in [3.8, 4) is 0 Å². The molecule has 1 saturated heterocycles. The highest BCUT2D eigenvalue weighted by atomic mass is 16.5. The molecule has 84 valence electrons. The number of nitrogens with one attached hydrogen (secondary N) is 1. The number of piperidine rings is 1. The van der Waals surface area contributed by atoms with Crippen LogP contribution in [0, 0.1) is 0 Å².